The van der Waals surface area contributed by atoms with E-state index in [0.29, 0.717) is 22.9 Å². The Morgan fingerprint density at radius 1 is 1.12 bits per heavy atom. The number of aromatic nitrogens is 2. The number of piperazine rings is 1. The van der Waals surface area contributed by atoms with Crippen molar-refractivity contribution in [3.05, 3.63) is 52.0 Å². The summed E-state index contributed by atoms with van der Waals surface area (Å²) in [6.07, 6.45) is 0. The van der Waals surface area contributed by atoms with Gasteiger partial charge in [-0.15, -0.1) is 0 Å². The molecule has 1 fully saturated rings. The minimum atomic E-state index is -0.302. The molecule has 0 saturated carbocycles. The van der Waals surface area contributed by atoms with E-state index in [1.165, 1.54) is 16.7 Å². The SMILES string of the molecule is CCN1CCN(c2ccc(-n3c(C)nc(C)cc3=O)cc2F)CC1. The molecule has 0 N–H and O–H groups in total. The predicted molar refractivity (Wildman–Crippen MR) is 93.6 cm³/mol. The molecule has 6 heteroatoms. The first-order valence-corrected chi connectivity index (χ1v) is 8.34. The number of nitrogens with zero attached hydrogens (tertiary/aromatic N) is 4. The minimum Gasteiger partial charge on any atom is -0.367 e. The van der Waals surface area contributed by atoms with E-state index >= 15 is 0 Å². The third-order valence-electron chi connectivity index (χ3n) is 4.56. The smallest absolute Gasteiger partial charge is 0.258 e. The van der Waals surface area contributed by atoms with Crippen molar-refractivity contribution in [2.75, 3.05) is 37.6 Å². The van der Waals surface area contributed by atoms with Crippen LogP contribution >= 0.6 is 0 Å². The van der Waals surface area contributed by atoms with Crippen LogP contribution in [0.1, 0.15) is 18.4 Å². The Kier molecular flexibility index (Phi) is 4.66. The molecule has 5 nitrogen and oxygen atoms in total. The summed E-state index contributed by atoms with van der Waals surface area (Å²) in [7, 11) is 0. The minimum absolute atomic E-state index is 0.191. The van der Waals surface area contributed by atoms with Crippen LogP contribution < -0.4 is 10.5 Å². The van der Waals surface area contributed by atoms with E-state index in [4.69, 9.17) is 0 Å². The summed E-state index contributed by atoms with van der Waals surface area (Å²) in [6, 6.07) is 6.43. The Morgan fingerprint density at radius 2 is 1.83 bits per heavy atom. The number of anilines is 1. The molecule has 2 heterocycles. The van der Waals surface area contributed by atoms with Gasteiger partial charge >= 0.3 is 0 Å². The maximum atomic E-state index is 14.7. The van der Waals surface area contributed by atoms with Gasteiger partial charge in [-0.05, 0) is 32.5 Å². The van der Waals surface area contributed by atoms with E-state index in [1.54, 1.807) is 26.0 Å². The first kappa shape index (κ1) is 16.6. The van der Waals surface area contributed by atoms with Crippen LogP contribution in [-0.2, 0) is 0 Å². The van der Waals surface area contributed by atoms with Crippen LogP contribution in [0.4, 0.5) is 10.1 Å². The third-order valence-corrected chi connectivity index (χ3v) is 4.56. The highest BCUT2D eigenvalue weighted by Gasteiger charge is 2.19. The summed E-state index contributed by atoms with van der Waals surface area (Å²) in [5.41, 5.74) is 1.59. The van der Waals surface area contributed by atoms with Gasteiger partial charge in [-0.2, -0.15) is 0 Å². The van der Waals surface area contributed by atoms with Crippen molar-refractivity contribution in [3.63, 3.8) is 0 Å². The summed E-state index contributed by atoms with van der Waals surface area (Å²) >= 11 is 0. The molecule has 3 rings (SSSR count). The molecule has 1 saturated heterocycles. The highest BCUT2D eigenvalue weighted by molar-refractivity contribution is 5.53. The average Bonchev–Trinajstić information content (AvgIpc) is 2.54. The number of hydrogen-bond donors (Lipinski definition) is 0. The van der Waals surface area contributed by atoms with Gasteiger partial charge in [0.25, 0.3) is 5.56 Å². The Labute approximate surface area is 141 Å². The normalized spacial score (nSPS) is 15.8. The van der Waals surface area contributed by atoms with Crippen LogP contribution in [0.5, 0.6) is 0 Å². The van der Waals surface area contributed by atoms with Gasteiger partial charge in [0.1, 0.15) is 11.6 Å². The number of benzene rings is 1. The molecular formula is C18H23FN4O. The molecule has 0 atom stereocenters. The molecule has 1 aromatic carbocycles. The lowest BCUT2D eigenvalue weighted by Gasteiger charge is -2.35. The van der Waals surface area contributed by atoms with Crippen molar-refractivity contribution in [3.8, 4) is 5.69 Å². The second-order valence-electron chi connectivity index (χ2n) is 6.18. The fourth-order valence-corrected chi connectivity index (χ4v) is 3.25. The van der Waals surface area contributed by atoms with Crippen molar-refractivity contribution in [1.82, 2.24) is 14.5 Å². The van der Waals surface area contributed by atoms with Gasteiger partial charge in [-0.25, -0.2) is 9.37 Å². The number of aryl methyl sites for hydroxylation is 2. The van der Waals surface area contributed by atoms with Crippen LogP contribution in [0, 0.1) is 19.7 Å². The highest BCUT2D eigenvalue weighted by atomic mass is 19.1. The monoisotopic (exact) mass is 330 g/mol. The topological polar surface area (TPSA) is 41.4 Å². The number of hydrogen-bond acceptors (Lipinski definition) is 4. The molecule has 0 radical (unpaired) electrons. The fourth-order valence-electron chi connectivity index (χ4n) is 3.25. The van der Waals surface area contributed by atoms with Gasteiger partial charge in [0.15, 0.2) is 0 Å². The Bertz CT molecular complexity index is 794. The predicted octanol–water partition coefficient (Wildman–Crippen LogP) is 2.13. The first-order valence-electron chi connectivity index (χ1n) is 8.34. The largest absolute Gasteiger partial charge is 0.367 e. The van der Waals surface area contributed by atoms with Crippen LogP contribution in [0.25, 0.3) is 5.69 Å². The van der Waals surface area contributed by atoms with Gasteiger partial charge in [-0.1, -0.05) is 6.92 Å². The molecule has 24 heavy (non-hydrogen) atoms. The number of halogens is 1. The van der Waals surface area contributed by atoms with E-state index < -0.39 is 0 Å². The standard InChI is InChI=1S/C18H23FN4O/c1-4-21-7-9-22(10-8-21)17-6-5-15(12-16(17)19)23-14(3)20-13(2)11-18(23)24/h5-6,11-12H,4,7-10H2,1-3H3. The number of likely N-dealkylation sites (N-methyl/N-ethyl adjacent to an activating group) is 1. The van der Waals surface area contributed by atoms with E-state index in [2.05, 4.69) is 21.7 Å². The summed E-state index contributed by atoms with van der Waals surface area (Å²) < 4.78 is 16.1. The zero-order chi connectivity index (χ0) is 17.3. The molecule has 1 aliphatic heterocycles. The molecule has 0 bridgehead atoms. The Morgan fingerprint density at radius 3 is 2.42 bits per heavy atom. The van der Waals surface area contributed by atoms with E-state index in [-0.39, 0.29) is 11.4 Å². The first-order chi connectivity index (χ1) is 11.5. The van der Waals surface area contributed by atoms with Crippen molar-refractivity contribution in [2.45, 2.75) is 20.8 Å². The van der Waals surface area contributed by atoms with Gasteiger partial charge < -0.3 is 9.80 Å². The van der Waals surface area contributed by atoms with Crippen molar-refractivity contribution in [2.24, 2.45) is 0 Å². The van der Waals surface area contributed by atoms with Crippen LogP contribution in [-0.4, -0.2) is 47.2 Å². The zero-order valence-corrected chi connectivity index (χ0v) is 14.4. The second kappa shape index (κ2) is 6.73. The van der Waals surface area contributed by atoms with Gasteiger partial charge in [0.2, 0.25) is 0 Å². The highest BCUT2D eigenvalue weighted by Crippen LogP contribution is 2.23. The average molecular weight is 330 g/mol. The lowest BCUT2D eigenvalue weighted by Crippen LogP contribution is -2.46. The molecule has 0 aliphatic carbocycles. The van der Waals surface area contributed by atoms with Crippen molar-refractivity contribution >= 4 is 5.69 Å². The van der Waals surface area contributed by atoms with E-state index in [9.17, 15) is 9.18 Å². The molecule has 128 valence electrons. The molecular weight excluding hydrogens is 307 g/mol. The van der Waals surface area contributed by atoms with Crippen LogP contribution in [0.2, 0.25) is 0 Å². The van der Waals surface area contributed by atoms with Crippen LogP contribution in [0.3, 0.4) is 0 Å². The second-order valence-corrected chi connectivity index (χ2v) is 6.18. The third kappa shape index (κ3) is 3.19. The summed E-state index contributed by atoms with van der Waals surface area (Å²) in [5.74, 6) is 0.257. The van der Waals surface area contributed by atoms with Crippen molar-refractivity contribution < 1.29 is 4.39 Å². The maximum Gasteiger partial charge on any atom is 0.258 e. The summed E-state index contributed by atoms with van der Waals surface area (Å²) in [5, 5.41) is 0. The lowest BCUT2D eigenvalue weighted by atomic mass is 10.2. The fraction of sp³-hybridized carbons (Fsp3) is 0.444. The lowest BCUT2D eigenvalue weighted by molar-refractivity contribution is 0.270. The van der Waals surface area contributed by atoms with Gasteiger partial charge in [-0.3, -0.25) is 9.36 Å². The molecule has 0 spiro atoms. The van der Waals surface area contributed by atoms with Gasteiger partial charge in [0.05, 0.1) is 11.4 Å². The molecule has 2 aromatic rings. The summed E-state index contributed by atoms with van der Waals surface area (Å²) in [6.45, 7) is 10.2. The molecule has 0 unspecified atom stereocenters. The molecule has 1 aliphatic rings. The Hall–Kier alpha value is -2.21. The molecule has 0 amide bonds. The maximum absolute atomic E-state index is 14.7. The quantitative estimate of drug-likeness (QED) is 0.865. The Balaban J connectivity index is 1.90. The van der Waals surface area contributed by atoms with Gasteiger partial charge in [0, 0.05) is 44.0 Å². The molecule has 1 aromatic heterocycles. The summed E-state index contributed by atoms with van der Waals surface area (Å²) in [4.78, 5) is 20.9. The van der Waals surface area contributed by atoms with Crippen LogP contribution in [0.15, 0.2) is 29.1 Å². The zero-order valence-electron chi connectivity index (χ0n) is 14.4. The number of rotatable bonds is 3. The van der Waals surface area contributed by atoms with Crippen molar-refractivity contribution in [1.29, 1.82) is 0 Å². The van der Waals surface area contributed by atoms with E-state index in [1.807, 2.05) is 0 Å². The van der Waals surface area contributed by atoms with E-state index in [0.717, 1.165) is 32.7 Å².